The van der Waals surface area contributed by atoms with Crippen molar-refractivity contribution in [1.29, 1.82) is 0 Å². The molecule has 0 atom stereocenters. The summed E-state index contributed by atoms with van der Waals surface area (Å²) in [6, 6.07) is 8.59. The van der Waals surface area contributed by atoms with Crippen LogP contribution >= 0.6 is 11.8 Å². The number of hydrogen-bond donors (Lipinski definition) is 0. The fraction of sp³-hybridized carbons (Fsp3) is 0.562. The first-order valence-corrected chi connectivity index (χ1v) is 8.17. The molecule has 2 rings (SSSR count). The first-order valence-electron chi connectivity index (χ1n) is 6.95. The highest BCUT2D eigenvalue weighted by molar-refractivity contribution is 7.98. The maximum absolute atomic E-state index is 12.1. The van der Waals surface area contributed by atoms with Crippen LogP contribution in [0.4, 0.5) is 0 Å². The third kappa shape index (κ3) is 3.88. The van der Waals surface area contributed by atoms with Crippen molar-refractivity contribution in [3.05, 3.63) is 29.8 Å². The smallest absolute Gasteiger partial charge is 0.136 e. The van der Waals surface area contributed by atoms with Gasteiger partial charge in [0.25, 0.3) is 0 Å². The first-order chi connectivity index (χ1) is 8.79. The summed E-state index contributed by atoms with van der Waals surface area (Å²) < 4.78 is 0. The van der Waals surface area contributed by atoms with Crippen LogP contribution in [0.25, 0.3) is 0 Å². The van der Waals surface area contributed by atoms with Crippen molar-refractivity contribution in [3.8, 4) is 0 Å². The lowest BCUT2D eigenvalue weighted by Crippen LogP contribution is -2.18. The molecular weight excluding hydrogens is 240 g/mol. The number of ketones is 1. The van der Waals surface area contributed by atoms with E-state index in [2.05, 4.69) is 30.5 Å². The molecule has 0 unspecified atom stereocenters. The van der Waals surface area contributed by atoms with Crippen LogP contribution in [0.2, 0.25) is 0 Å². The Morgan fingerprint density at radius 1 is 1.17 bits per heavy atom. The zero-order valence-corrected chi connectivity index (χ0v) is 12.0. The van der Waals surface area contributed by atoms with E-state index in [-0.39, 0.29) is 0 Å². The largest absolute Gasteiger partial charge is 0.299 e. The Balaban J connectivity index is 1.80. The van der Waals surface area contributed by atoms with Crippen molar-refractivity contribution in [1.82, 2.24) is 0 Å². The van der Waals surface area contributed by atoms with E-state index < -0.39 is 0 Å². The van der Waals surface area contributed by atoms with Crippen LogP contribution in [0.3, 0.4) is 0 Å². The highest BCUT2D eigenvalue weighted by Crippen LogP contribution is 2.26. The van der Waals surface area contributed by atoms with E-state index in [9.17, 15) is 4.79 Å². The van der Waals surface area contributed by atoms with Crippen LogP contribution in [0.1, 0.15) is 44.1 Å². The standard InChI is InChI=1S/C16H22OS/c1-18-15-10-7-13(8-11-15)9-12-16(17)14-5-3-2-4-6-14/h7-8,10-11,14H,2-6,9,12H2,1H3. The second kappa shape index (κ2) is 6.98. The second-order valence-electron chi connectivity index (χ2n) is 5.15. The predicted molar refractivity (Wildman–Crippen MR) is 78.1 cm³/mol. The van der Waals surface area contributed by atoms with Gasteiger partial charge in [-0.25, -0.2) is 0 Å². The van der Waals surface area contributed by atoms with E-state index in [4.69, 9.17) is 0 Å². The third-order valence-electron chi connectivity index (χ3n) is 3.88. The molecule has 0 spiro atoms. The molecule has 1 aliphatic rings. The quantitative estimate of drug-likeness (QED) is 0.727. The Labute approximate surface area is 114 Å². The van der Waals surface area contributed by atoms with Crippen LogP contribution in [0.15, 0.2) is 29.2 Å². The fourth-order valence-electron chi connectivity index (χ4n) is 2.69. The lowest BCUT2D eigenvalue weighted by Gasteiger charge is -2.20. The van der Waals surface area contributed by atoms with Gasteiger partial charge in [0.15, 0.2) is 0 Å². The van der Waals surface area contributed by atoms with E-state index in [1.165, 1.54) is 29.7 Å². The topological polar surface area (TPSA) is 17.1 Å². The summed E-state index contributed by atoms with van der Waals surface area (Å²) in [5, 5.41) is 0. The minimum absolute atomic E-state index is 0.365. The minimum atomic E-state index is 0.365. The molecule has 0 aromatic heterocycles. The van der Waals surface area contributed by atoms with Crippen molar-refractivity contribution >= 4 is 17.5 Å². The van der Waals surface area contributed by atoms with Gasteiger partial charge in [0.2, 0.25) is 0 Å². The molecule has 1 aromatic carbocycles. The molecule has 1 aliphatic carbocycles. The molecule has 0 heterocycles. The SMILES string of the molecule is CSc1ccc(CCC(=O)C2CCCCC2)cc1. The highest BCUT2D eigenvalue weighted by Gasteiger charge is 2.20. The van der Waals surface area contributed by atoms with E-state index in [1.807, 2.05) is 0 Å². The number of carbonyl (C=O) groups is 1. The number of aryl methyl sites for hydroxylation is 1. The van der Waals surface area contributed by atoms with Crippen molar-refractivity contribution in [2.24, 2.45) is 5.92 Å². The lowest BCUT2D eigenvalue weighted by molar-refractivity contribution is -0.123. The molecule has 1 nitrogen and oxygen atoms in total. The summed E-state index contributed by atoms with van der Waals surface area (Å²) in [4.78, 5) is 13.4. The zero-order chi connectivity index (χ0) is 12.8. The molecule has 0 aliphatic heterocycles. The molecule has 98 valence electrons. The monoisotopic (exact) mass is 262 g/mol. The summed E-state index contributed by atoms with van der Waals surface area (Å²) in [6.07, 6.45) is 9.79. The summed E-state index contributed by atoms with van der Waals surface area (Å²) in [5.74, 6) is 0.855. The minimum Gasteiger partial charge on any atom is -0.299 e. The average Bonchev–Trinajstić information content (AvgIpc) is 2.46. The molecule has 0 N–H and O–H groups in total. The summed E-state index contributed by atoms with van der Waals surface area (Å²) in [7, 11) is 0. The van der Waals surface area contributed by atoms with E-state index in [0.29, 0.717) is 11.7 Å². The lowest BCUT2D eigenvalue weighted by atomic mass is 9.84. The third-order valence-corrected chi connectivity index (χ3v) is 4.62. The van der Waals surface area contributed by atoms with Crippen LogP contribution in [-0.4, -0.2) is 12.0 Å². The van der Waals surface area contributed by atoms with Crippen LogP contribution in [-0.2, 0) is 11.2 Å². The number of benzene rings is 1. The number of thioether (sulfide) groups is 1. The average molecular weight is 262 g/mol. The van der Waals surface area contributed by atoms with Gasteiger partial charge in [-0.05, 0) is 43.2 Å². The number of hydrogen-bond acceptors (Lipinski definition) is 2. The summed E-state index contributed by atoms with van der Waals surface area (Å²) in [5.41, 5.74) is 1.29. The summed E-state index contributed by atoms with van der Waals surface area (Å²) in [6.45, 7) is 0. The van der Waals surface area contributed by atoms with Gasteiger partial charge in [0.1, 0.15) is 5.78 Å². The molecule has 0 radical (unpaired) electrons. The Morgan fingerprint density at radius 3 is 2.44 bits per heavy atom. The van der Waals surface area contributed by atoms with Gasteiger partial charge >= 0.3 is 0 Å². The molecule has 18 heavy (non-hydrogen) atoms. The zero-order valence-electron chi connectivity index (χ0n) is 11.2. The number of carbonyl (C=O) groups excluding carboxylic acids is 1. The van der Waals surface area contributed by atoms with Crippen LogP contribution in [0.5, 0.6) is 0 Å². The molecule has 0 saturated heterocycles. The highest BCUT2D eigenvalue weighted by atomic mass is 32.2. The van der Waals surface area contributed by atoms with E-state index >= 15 is 0 Å². The number of Topliss-reactive ketones (excluding diaryl/α,β-unsaturated/α-hetero) is 1. The molecule has 1 fully saturated rings. The van der Waals surface area contributed by atoms with Gasteiger partial charge < -0.3 is 0 Å². The van der Waals surface area contributed by atoms with Crippen molar-refractivity contribution in [2.45, 2.75) is 49.8 Å². The molecule has 1 saturated carbocycles. The Hall–Kier alpha value is -0.760. The van der Waals surface area contributed by atoms with Gasteiger partial charge in [-0.3, -0.25) is 4.79 Å². The van der Waals surface area contributed by atoms with E-state index in [0.717, 1.165) is 25.7 Å². The van der Waals surface area contributed by atoms with Crippen molar-refractivity contribution in [2.75, 3.05) is 6.26 Å². The molecule has 2 heteroatoms. The predicted octanol–water partition coefficient (Wildman–Crippen LogP) is 4.49. The Bertz CT molecular complexity index is 377. The van der Waals surface area contributed by atoms with Gasteiger partial charge in [0, 0.05) is 17.2 Å². The maximum atomic E-state index is 12.1. The van der Waals surface area contributed by atoms with Crippen LogP contribution < -0.4 is 0 Å². The molecule has 0 bridgehead atoms. The Kier molecular flexibility index (Phi) is 5.30. The van der Waals surface area contributed by atoms with Crippen molar-refractivity contribution < 1.29 is 4.79 Å². The van der Waals surface area contributed by atoms with Crippen molar-refractivity contribution in [3.63, 3.8) is 0 Å². The maximum Gasteiger partial charge on any atom is 0.136 e. The normalized spacial score (nSPS) is 16.7. The van der Waals surface area contributed by atoms with Gasteiger partial charge in [-0.1, -0.05) is 31.4 Å². The van der Waals surface area contributed by atoms with Gasteiger partial charge in [0.05, 0.1) is 0 Å². The molecule has 0 amide bonds. The first kappa shape index (κ1) is 13.7. The van der Waals surface area contributed by atoms with Crippen LogP contribution in [0, 0.1) is 5.92 Å². The molecule has 1 aromatic rings. The van der Waals surface area contributed by atoms with Gasteiger partial charge in [-0.2, -0.15) is 0 Å². The number of rotatable bonds is 5. The van der Waals surface area contributed by atoms with Gasteiger partial charge in [-0.15, -0.1) is 11.8 Å². The fourth-order valence-corrected chi connectivity index (χ4v) is 3.10. The summed E-state index contributed by atoms with van der Waals surface area (Å²) >= 11 is 1.76. The van der Waals surface area contributed by atoms with E-state index in [1.54, 1.807) is 11.8 Å². The molecular formula is C16H22OS. The second-order valence-corrected chi connectivity index (χ2v) is 6.03. The Morgan fingerprint density at radius 2 is 1.83 bits per heavy atom.